The lowest BCUT2D eigenvalue weighted by Gasteiger charge is -2.28. The maximum absolute atomic E-state index is 14.0. The van der Waals surface area contributed by atoms with Gasteiger partial charge in [-0.25, -0.2) is 17.5 Å². The summed E-state index contributed by atoms with van der Waals surface area (Å²) in [7, 11) is 1.46. The van der Waals surface area contributed by atoms with E-state index in [2.05, 4.69) is 9.62 Å². The van der Waals surface area contributed by atoms with Crippen LogP contribution in [0, 0.1) is 5.82 Å². The molecule has 1 saturated heterocycles. The lowest BCUT2D eigenvalue weighted by atomic mass is 10.1. The van der Waals surface area contributed by atoms with Crippen LogP contribution < -0.4 is 14.4 Å². The predicted molar refractivity (Wildman–Crippen MR) is 112 cm³/mol. The maximum Gasteiger partial charge on any atom is 0.240 e. The van der Waals surface area contributed by atoms with Gasteiger partial charge in [0.1, 0.15) is 0 Å². The summed E-state index contributed by atoms with van der Waals surface area (Å²) in [5, 5.41) is 0. The van der Waals surface area contributed by atoms with Crippen molar-refractivity contribution in [2.24, 2.45) is 0 Å². The van der Waals surface area contributed by atoms with Crippen molar-refractivity contribution >= 4 is 15.7 Å². The number of hydrogen-bond acceptors (Lipinski definition) is 5. The van der Waals surface area contributed by atoms with Gasteiger partial charge in [0.25, 0.3) is 0 Å². The molecule has 0 radical (unpaired) electrons. The van der Waals surface area contributed by atoms with E-state index in [1.165, 1.54) is 19.2 Å². The van der Waals surface area contributed by atoms with Gasteiger partial charge in [-0.15, -0.1) is 0 Å². The van der Waals surface area contributed by atoms with Gasteiger partial charge in [-0.05, 0) is 61.8 Å². The van der Waals surface area contributed by atoms with E-state index in [-0.39, 0.29) is 23.2 Å². The highest BCUT2D eigenvalue weighted by molar-refractivity contribution is 7.89. The number of anilines is 1. The summed E-state index contributed by atoms with van der Waals surface area (Å²) in [5.41, 5.74) is 2.14. The van der Waals surface area contributed by atoms with Crippen LogP contribution in [-0.4, -0.2) is 54.2 Å². The summed E-state index contributed by atoms with van der Waals surface area (Å²) < 4.78 is 47.0. The highest BCUT2D eigenvalue weighted by Crippen LogP contribution is 2.27. The molecular formula is C21H28FN3O3S. The largest absolute Gasteiger partial charge is 0.494 e. The van der Waals surface area contributed by atoms with Crippen molar-refractivity contribution in [3.8, 4) is 5.75 Å². The quantitative estimate of drug-likeness (QED) is 0.710. The number of sulfonamides is 1. The van der Waals surface area contributed by atoms with Crippen molar-refractivity contribution in [3.05, 3.63) is 53.8 Å². The Morgan fingerprint density at radius 3 is 2.34 bits per heavy atom. The average Bonchev–Trinajstić information content (AvgIpc) is 3.23. The van der Waals surface area contributed by atoms with Crippen LogP contribution in [-0.2, 0) is 10.0 Å². The molecule has 1 N–H and O–H groups in total. The lowest BCUT2D eigenvalue weighted by Crippen LogP contribution is -2.36. The molecule has 0 bridgehead atoms. The smallest absolute Gasteiger partial charge is 0.240 e. The molecule has 0 amide bonds. The standard InChI is InChI=1S/C21H28FN3O3S/c1-24(2)17-8-6-16(7-9-17)20(25-12-4-5-13-25)15-23-29(26,27)18-10-11-21(28-3)19(22)14-18/h6-11,14,20,23H,4-5,12-13,15H2,1-3H3/t20-/m1/s1. The van der Waals surface area contributed by atoms with Crippen LogP contribution in [0.15, 0.2) is 47.4 Å². The number of ether oxygens (including phenoxy) is 1. The summed E-state index contributed by atoms with van der Waals surface area (Å²) in [6, 6.07) is 11.7. The number of likely N-dealkylation sites (tertiary alicyclic amines) is 1. The van der Waals surface area contributed by atoms with Crippen LogP contribution in [0.5, 0.6) is 5.75 Å². The summed E-state index contributed by atoms with van der Waals surface area (Å²) in [4.78, 5) is 4.20. The van der Waals surface area contributed by atoms with Gasteiger partial charge in [-0.1, -0.05) is 12.1 Å². The van der Waals surface area contributed by atoms with E-state index in [0.29, 0.717) is 0 Å². The first-order chi connectivity index (χ1) is 13.8. The molecule has 2 aromatic rings. The Bertz CT molecular complexity index is 927. The lowest BCUT2D eigenvalue weighted by molar-refractivity contribution is 0.246. The van der Waals surface area contributed by atoms with Gasteiger partial charge in [-0.2, -0.15) is 0 Å². The van der Waals surface area contributed by atoms with E-state index in [4.69, 9.17) is 4.74 Å². The molecule has 1 fully saturated rings. The maximum atomic E-state index is 14.0. The van der Waals surface area contributed by atoms with E-state index in [1.54, 1.807) is 0 Å². The van der Waals surface area contributed by atoms with Crippen LogP contribution in [0.4, 0.5) is 10.1 Å². The molecule has 1 aliphatic heterocycles. The molecule has 0 spiro atoms. The highest BCUT2D eigenvalue weighted by atomic mass is 32.2. The first-order valence-electron chi connectivity index (χ1n) is 9.66. The third-order valence-electron chi connectivity index (χ3n) is 5.28. The molecule has 8 heteroatoms. The van der Waals surface area contributed by atoms with Crippen molar-refractivity contribution in [3.63, 3.8) is 0 Å². The molecule has 2 aromatic carbocycles. The van der Waals surface area contributed by atoms with E-state index in [0.717, 1.165) is 43.2 Å². The van der Waals surface area contributed by atoms with Gasteiger partial charge in [0.15, 0.2) is 11.6 Å². The molecule has 0 aliphatic carbocycles. The second kappa shape index (κ2) is 9.11. The molecule has 0 unspecified atom stereocenters. The fourth-order valence-corrected chi connectivity index (χ4v) is 4.64. The fourth-order valence-electron chi connectivity index (χ4n) is 3.59. The molecule has 158 valence electrons. The Morgan fingerprint density at radius 1 is 1.14 bits per heavy atom. The first-order valence-corrected chi connectivity index (χ1v) is 11.1. The van der Waals surface area contributed by atoms with Gasteiger partial charge in [0, 0.05) is 32.4 Å². The number of methoxy groups -OCH3 is 1. The van der Waals surface area contributed by atoms with E-state index in [9.17, 15) is 12.8 Å². The van der Waals surface area contributed by atoms with Gasteiger partial charge in [0.05, 0.1) is 12.0 Å². The second-order valence-corrected chi connectivity index (χ2v) is 9.16. The SMILES string of the molecule is COc1ccc(S(=O)(=O)NC[C@H](c2ccc(N(C)C)cc2)N2CCCC2)cc1F. The molecule has 1 atom stereocenters. The minimum Gasteiger partial charge on any atom is -0.494 e. The monoisotopic (exact) mass is 421 g/mol. The Balaban J connectivity index is 1.80. The predicted octanol–water partition coefficient (Wildman–Crippen LogP) is 3.02. The Hall–Kier alpha value is -2.16. The molecule has 0 saturated carbocycles. The summed E-state index contributed by atoms with van der Waals surface area (Å²) in [5.74, 6) is -0.689. The van der Waals surface area contributed by atoms with Gasteiger partial charge in [-0.3, -0.25) is 4.90 Å². The van der Waals surface area contributed by atoms with Crippen molar-refractivity contribution < 1.29 is 17.5 Å². The van der Waals surface area contributed by atoms with Gasteiger partial charge < -0.3 is 9.64 Å². The minimum absolute atomic E-state index is 0.0138. The van der Waals surface area contributed by atoms with Gasteiger partial charge in [0.2, 0.25) is 10.0 Å². The topological polar surface area (TPSA) is 61.9 Å². The van der Waals surface area contributed by atoms with Gasteiger partial charge >= 0.3 is 0 Å². The molecule has 3 rings (SSSR count). The normalized spacial score (nSPS) is 16.0. The fraction of sp³-hybridized carbons (Fsp3) is 0.429. The molecular weight excluding hydrogens is 393 g/mol. The number of halogens is 1. The summed E-state index contributed by atoms with van der Waals surface area (Å²) in [6.45, 7) is 2.08. The second-order valence-electron chi connectivity index (χ2n) is 7.39. The van der Waals surface area contributed by atoms with Crippen LogP contribution in [0.25, 0.3) is 0 Å². The zero-order valence-electron chi connectivity index (χ0n) is 17.1. The Labute approximate surface area is 172 Å². The van der Waals surface area contributed by atoms with E-state index >= 15 is 0 Å². The zero-order chi connectivity index (χ0) is 21.0. The van der Waals surface area contributed by atoms with Crippen molar-refractivity contribution in [1.82, 2.24) is 9.62 Å². The summed E-state index contributed by atoms with van der Waals surface area (Å²) >= 11 is 0. The van der Waals surface area contributed by atoms with Crippen LogP contribution in [0.2, 0.25) is 0 Å². The zero-order valence-corrected chi connectivity index (χ0v) is 17.9. The summed E-state index contributed by atoms with van der Waals surface area (Å²) in [6.07, 6.45) is 2.20. The van der Waals surface area contributed by atoms with Crippen molar-refractivity contribution in [1.29, 1.82) is 0 Å². The third-order valence-corrected chi connectivity index (χ3v) is 6.70. The molecule has 0 aromatic heterocycles. The van der Waals surface area contributed by atoms with Crippen LogP contribution in [0.3, 0.4) is 0 Å². The van der Waals surface area contributed by atoms with E-state index in [1.807, 2.05) is 43.3 Å². The Morgan fingerprint density at radius 2 is 1.79 bits per heavy atom. The van der Waals surface area contributed by atoms with Crippen molar-refractivity contribution in [2.45, 2.75) is 23.8 Å². The van der Waals surface area contributed by atoms with Crippen molar-refractivity contribution in [2.75, 3.05) is 45.7 Å². The average molecular weight is 422 g/mol. The minimum atomic E-state index is -3.84. The number of hydrogen-bond donors (Lipinski definition) is 1. The van der Waals surface area contributed by atoms with Crippen LogP contribution >= 0.6 is 0 Å². The molecule has 6 nitrogen and oxygen atoms in total. The number of nitrogens with one attached hydrogen (secondary N) is 1. The third kappa shape index (κ3) is 5.07. The number of nitrogens with zero attached hydrogens (tertiary/aromatic N) is 2. The number of benzene rings is 2. The molecule has 29 heavy (non-hydrogen) atoms. The molecule has 1 heterocycles. The Kier molecular flexibility index (Phi) is 6.77. The highest BCUT2D eigenvalue weighted by Gasteiger charge is 2.26. The molecule has 1 aliphatic rings. The van der Waals surface area contributed by atoms with E-state index < -0.39 is 15.8 Å². The first kappa shape index (κ1) is 21.5. The number of rotatable bonds is 8. The van der Waals surface area contributed by atoms with Crippen LogP contribution in [0.1, 0.15) is 24.4 Å².